The summed E-state index contributed by atoms with van der Waals surface area (Å²) < 4.78 is 32.0. The number of para-hydroxylation sites is 2. The minimum Gasteiger partial charge on any atom is -0.486 e. The highest BCUT2D eigenvalue weighted by atomic mass is 32.1. The number of carbonyl (C=O) groups is 4. The van der Waals surface area contributed by atoms with E-state index in [1.807, 2.05) is 82.4 Å². The fourth-order valence-corrected chi connectivity index (χ4v) is 12.4. The van der Waals surface area contributed by atoms with Crippen molar-refractivity contribution in [3.8, 4) is 11.5 Å². The Labute approximate surface area is 466 Å². The molecule has 3 amide bonds. The third kappa shape index (κ3) is 11.3. The molecule has 9 heterocycles. The Hall–Kier alpha value is -8.69. The standard InChI is InChI=1S/C32H31FN6O3S.C27H23N5O4S/c33-21-8-14-37(15-9-21)31(40)25-19-28(32(41)38-16-10-22(11-17-38)39-13-3-12-34-39)35-26-7-6-23(18-24(25)26)42-20-30-36-27-4-1-2-5-29(27)43-30;33-26(31-12-8-17(9-13-31)32-11-3-10-28-32)23-15-20(27(34)35)19-14-18(6-7-21(19)29-23)36-16-25-30-22-4-1-2-5-24(22)37-25/h1-7,12-13,18-19,21-22H,8-11,14-17,20H2;1-7,10-11,14-15,17H,8-9,12-13,16H2,(H,34,35). The first-order chi connectivity index (χ1) is 39.1. The number of benzene rings is 4. The zero-order valence-corrected chi connectivity index (χ0v) is 45.0. The molecule has 3 saturated heterocycles. The third-order valence-electron chi connectivity index (χ3n) is 14.9. The number of fused-ring (bicyclic) bond motifs is 4. The summed E-state index contributed by atoms with van der Waals surface area (Å²) >= 11 is 3.13. The summed E-state index contributed by atoms with van der Waals surface area (Å²) in [6.07, 6.45) is 10.3. The number of aromatic nitrogens is 8. The number of likely N-dealkylation sites (tertiary alicyclic amines) is 3. The number of pyridine rings is 2. The monoisotopic (exact) mass is 1110 g/mol. The molecule has 13 rings (SSSR count). The topological polar surface area (TPSA) is 204 Å². The molecule has 18 nitrogen and oxygen atoms in total. The van der Waals surface area contributed by atoms with Crippen molar-refractivity contribution in [1.82, 2.24) is 54.2 Å². The summed E-state index contributed by atoms with van der Waals surface area (Å²) in [5.41, 5.74) is 3.58. The third-order valence-corrected chi connectivity index (χ3v) is 16.9. The van der Waals surface area contributed by atoms with Crippen molar-refractivity contribution in [2.45, 2.75) is 70.0 Å². The molecule has 0 bridgehead atoms. The molecule has 0 atom stereocenters. The Balaban J connectivity index is 0.000000161. The van der Waals surface area contributed by atoms with Gasteiger partial charge in [-0.25, -0.2) is 29.1 Å². The van der Waals surface area contributed by atoms with E-state index in [4.69, 9.17) is 14.5 Å². The summed E-state index contributed by atoms with van der Waals surface area (Å²) in [6.45, 7) is 3.50. The first-order valence-corrected chi connectivity index (χ1v) is 28.3. The van der Waals surface area contributed by atoms with Crippen molar-refractivity contribution in [1.29, 1.82) is 0 Å². The molecule has 0 saturated carbocycles. The van der Waals surface area contributed by atoms with Gasteiger partial charge < -0.3 is 29.3 Å². The zero-order valence-electron chi connectivity index (χ0n) is 43.3. The van der Waals surface area contributed by atoms with Crippen LogP contribution in [0.5, 0.6) is 11.5 Å². The number of alkyl halides is 1. The Morgan fingerprint density at radius 1 is 0.512 bits per heavy atom. The number of piperidine rings is 3. The Kier molecular flexibility index (Phi) is 14.9. The highest BCUT2D eigenvalue weighted by Crippen LogP contribution is 2.32. The first kappa shape index (κ1) is 52.0. The molecule has 21 heteroatoms. The van der Waals surface area contributed by atoms with E-state index < -0.39 is 12.1 Å². The fourth-order valence-electron chi connectivity index (χ4n) is 10.6. The maximum atomic E-state index is 13.9. The van der Waals surface area contributed by atoms with E-state index in [9.17, 15) is 28.7 Å². The molecule has 10 aromatic rings. The maximum Gasteiger partial charge on any atom is 0.336 e. The first-order valence-electron chi connectivity index (χ1n) is 26.6. The molecule has 0 aliphatic carbocycles. The Morgan fingerprint density at radius 2 is 0.950 bits per heavy atom. The summed E-state index contributed by atoms with van der Waals surface area (Å²) in [7, 11) is 0. The van der Waals surface area contributed by atoms with Crippen LogP contribution in [0.25, 0.3) is 42.2 Å². The van der Waals surface area contributed by atoms with Gasteiger partial charge in [0.2, 0.25) is 0 Å². The Bertz CT molecular complexity index is 3820. The van der Waals surface area contributed by atoms with Gasteiger partial charge in [-0.05, 0) is 123 Å². The number of carboxylic acids is 1. The van der Waals surface area contributed by atoms with Gasteiger partial charge in [0.25, 0.3) is 17.7 Å². The van der Waals surface area contributed by atoms with Gasteiger partial charge in [-0.2, -0.15) is 10.2 Å². The number of thiazole rings is 2. The minimum atomic E-state index is -1.12. The molecule has 406 valence electrons. The van der Waals surface area contributed by atoms with E-state index in [-0.39, 0.29) is 60.0 Å². The van der Waals surface area contributed by atoms with Crippen molar-refractivity contribution in [2.24, 2.45) is 0 Å². The SMILES string of the molecule is O=C(O)c1cc(C(=O)N2CCC(n3cccn3)CC2)nc2ccc(OCc3nc4ccccc4s3)cc12.O=C(c1cc(C(=O)N2CCC(F)CC2)c2cc(OCc3nc4ccccc4s3)ccc2n1)N1CCC(n2cccn2)CC1. The van der Waals surface area contributed by atoms with E-state index in [2.05, 4.69) is 25.1 Å². The van der Waals surface area contributed by atoms with Gasteiger partial charge in [0, 0.05) is 74.8 Å². The van der Waals surface area contributed by atoms with Gasteiger partial charge in [0.05, 0.1) is 54.7 Å². The molecule has 3 aliphatic rings. The van der Waals surface area contributed by atoms with Crippen molar-refractivity contribution < 1.29 is 38.1 Å². The van der Waals surface area contributed by atoms with Crippen molar-refractivity contribution >= 4 is 88.6 Å². The van der Waals surface area contributed by atoms with Crippen LogP contribution in [0, 0.1) is 0 Å². The quantitative estimate of drug-likeness (QED) is 0.121. The van der Waals surface area contributed by atoms with Crippen LogP contribution < -0.4 is 9.47 Å². The van der Waals surface area contributed by atoms with Gasteiger partial charge >= 0.3 is 5.97 Å². The Morgan fingerprint density at radius 3 is 1.40 bits per heavy atom. The lowest BCUT2D eigenvalue weighted by Crippen LogP contribution is -2.40. The predicted molar refractivity (Wildman–Crippen MR) is 301 cm³/mol. The van der Waals surface area contributed by atoms with Crippen molar-refractivity contribution in [3.63, 3.8) is 0 Å². The van der Waals surface area contributed by atoms with Gasteiger partial charge in [-0.15, -0.1) is 22.7 Å². The van der Waals surface area contributed by atoms with Gasteiger partial charge in [-0.3, -0.25) is 23.7 Å². The molecule has 80 heavy (non-hydrogen) atoms. The largest absolute Gasteiger partial charge is 0.486 e. The van der Waals surface area contributed by atoms with Gasteiger partial charge in [0.1, 0.15) is 52.3 Å². The summed E-state index contributed by atoms with van der Waals surface area (Å²) in [6, 6.07) is 33.6. The van der Waals surface area contributed by atoms with Crippen LogP contribution in [-0.4, -0.2) is 128 Å². The number of rotatable bonds is 12. The van der Waals surface area contributed by atoms with Gasteiger partial charge in [-0.1, -0.05) is 24.3 Å². The number of carbonyl (C=O) groups excluding carboxylic acids is 3. The van der Waals surface area contributed by atoms with Gasteiger partial charge in [0.15, 0.2) is 0 Å². The van der Waals surface area contributed by atoms with Crippen LogP contribution in [0.1, 0.15) is 102 Å². The molecule has 0 radical (unpaired) electrons. The van der Waals surface area contributed by atoms with Crippen molar-refractivity contribution in [3.05, 3.63) is 167 Å². The second-order valence-corrected chi connectivity index (χ2v) is 22.2. The lowest BCUT2D eigenvalue weighted by Gasteiger charge is -2.32. The van der Waals surface area contributed by atoms with E-state index >= 15 is 0 Å². The number of hydrogen-bond acceptors (Lipinski definition) is 14. The second-order valence-electron chi connectivity index (χ2n) is 20.0. The second kappa shape index (κ2) is 23.0. The number of nitrogens with zero attached hydrogens (tertiary/aromatic N) is 11. The fraction of sp³-hybridized carbons (Fsp3) is 0.288. The lowest BCUT2D eigenvalue weighted by atomic mass is 10.0. The number of amides is 3. The summed E-state index contributed by atoms with van der Waals surface area (Å²) in [5.74, 6) is -0.732. The molecule has 3 fully saturated rings. The molecule has 3 aliphatic heterocycles. The van der Waals surface area contributed by atoms with E-state index in [1.54, 1.807) is 92.2 Å². The molecule has 0 spiro atoms. The predicted octanol–water partition coefficient (Wildman–Crippen LogP) is 10.5. The normalized spacial score (nSPS) is 15.6. The van der Waals surface area contributed by atoms with E-state index in [1.165, 1.54) is 6.07 Å². The maximum absolute atomic E-state index is 13.9. The average Bonchev–Trinajstić information content (AvgIpc) is 4.37. The number of ether oxygens (including phenoxy) is 2. The van der Waals surface area contributed by atoms with Crippen LogP contribution in [0.15, 0.2) is 134 Å². The van der Waals surface area contributed by atoms with E-state index in [0.717, 1.165) is 56.1 Å². The number of carboxylic acid groups (broad SMARTS) is 1. The minimum absolute atomic E-state index is 0.0187. The number of aromatic carboxylic acids is 1. The number of hydrogen-bond donors (Lipinski definition) is 1. The lowest BCUT2D eigenvalue weighted by molar-refractivity contribution is 0.0661. The molecular weight excluding hydrogens is 1060 g/mol. The van der Waals surface area contributed by atoms with Crippen LogP contribution in [0.3, 0.4) is 0 Å². The van der Waals surface area contributed by atoms with Crippen LogP contribution >= 0.6 is 22.7 Å². The molecule has 0 unspecified atom stereocenters. The number of halogens is 1. The highest BCUT2D eigenvalue weighted by molar-refractivity contribution is 7.18. The van der Waals surface area contributed by atoms with Crippen molar-refractivity contribution in [2.75, 3.05) is 39.3 Å². The molecular formula is C59H54FN11O7S2. The van der Waals surface area contributed by atoms with Crippen LogP contribution in [0.4, 0.5) is 4.39 Å². The van der Waals surface area contributed by atoms with E-state index in [0.29, 0.717) is 91.0 Å². The average molecular weight is 1110 g/mol. The summed E-state index contributed by atoms with van der Waals surface area (Å²) in [4.78, 5) is 76.5. The smallest absolute Gasteiger partial charge is 0.336 e. The van der Waals surface area contributed by atoms with Crippen LogP contribution in [0.2, 0.25) is 0 Å². The molecule has 1 N–H and O–H groups in total. The molecule has 6 aromatic heterocycles. The highest BCUT2D eigenvalue weighted by Gasteiger charge is 2.31. The summed E-state index contributed by atoms with van der Waals surface area (Å²) in [5, 5.41) is 21.3. The zero-order chi connectivity index (χ0) is 54.7. The molecule has 4 aromatic carbocycles. The van der Waals surface area contributed by atoms with Crippen LogP contribution in [-0.2, 0) is 13.2 Å².